The minimum Gasteiger partial charge on any atom is -0.469 e. The monoisotopic (exact) mass is 495 g/mol. The number of hydrogen-bond donors (Lipinski definition) is 1. The van der Waals surface area contributed by atoms with Crippen molar-refractivity contribution in [3.05, 3.63) is 34.3 Å². The van der Waals surface area contributed by atoms with Crippen LogP contribution in [-0.4, -0.2) is 44.1 Å². The van der Waals surface area contributed by atoms with Gasteiger partial charge in [0.2, 0.25) is 0 Å². The Morgan fingerprint density at radius 2 is 2.22 bits per heavy atom. The summed E-state index contributed by atoms with van der Waals surface area (Å²) in [6.07, 6.45) is 0. The highest BCUT2D eigenvalue weighted by molar-refractivity contribution is 14.0. The van der Waals surface area contributed by atoms with Crippen LogP contribution in [0.1, 0.15) is 12.5 Å². The number of carbonyl (C=O) groups excluding carboxylic acids is 1. The lowest BCUT2D eigenvalue weighted by Gasteiger charge is -2.21. The first-order chi connectivity index (χ1) is 10.5. The summed E-state index contributed by atoms with van der Waals surface area (Å²) in [6, 6.07) is 8.15. The van der Waals surface area contributed by atoms with Gasteiger partial charge in [0.1, 0.15) is 0 Å². The molecule has 0 aliphatic carbocycles. The first-order valence-corrected chi connectivity index (χ1v) is 8.12. The number of carbonyl (C=O) groups is 1. The number of halogens is 2. The van der Waals surface area contributed by atoms with Crippen molar-refractivity contribution in [1.29, 1.82) is 0 Å². The van der Waals surface area contributed by atoms with Crippen molar-refractivity contribution in [2.75, 3.05) is 27.2 Å². The van der Waals surface area contributed by atoms with Gasteiger partial charge in [0.25, 0.3) is 0 Å². The Bertz CT molecular complexity index is 568. The highest BCUT2D eigenvalue weighted by Gasteiger charge is 2.36. The smallest absolute Gasteiger partial charge is 0.310 e. The third-order valence-corrected chi connectivity index (χ3v) is 4.46. The Hall–Kier alpha value is -0.830. The SMILES string of the molecule is CN=C(NCc1cccc(Br)c1)N1CC(C)C(C(=O)OC)C1.I. The summed E-state index contributed by atoms with van der Waals surface area (Å²) in [4.78, 5) is 18.2. The fraction of sp³-hybridized carbons (Fsp3) is 0.500. The molecular weight excluding hydrogens is 473 g/mol. The molecule has 5 nitrogen and oxygen atoms in total. The van der Waals surface area contributed by atoms with Crippen molar-refractivity contribution < 1.29 is 9.53 Å². The van der Waals surface area contributed by atoms with Gasteiger partial charge in [-0.1, -0.05) is 35.0 Å². The van der Waals surface area contributed by atoms with Crippen LogP contribution in [0, 0.1) is 11.8 Å². The Morgan fingerprint density at radius 3 is 2.83 bits per heavy atom. The van der Waals surface area contributed by atoms with Crippen molar-refractivity contribution >= 4 is 51.8 Å². The molecule has 0 aromatic heterocycles. The molecule has 0 saturated carbocycles. The summed E-state index contributed by atoms with van der Waals surface area (Å²) >= 11 is 3.47. The van der Waals surface area contributed by atoms with Gasteiger partial charge in [-0.2, -0.15) is 0 Å². The number of aliphatic imine (C=N–C) groups is 1. The topological polar surface area (TPSA) is 53.9 Å². The lowest BCUT2D eigenvalue weighted by molar-refractivity contribution is -0.145. The van der Waals surface area contributed by atoms with E-state index in [2.05, 4.69) is 50.2 Å². The number of guanidine groups is 1. The maximum Gasteiger partial charge on any atom is 0.310 e. The van der Waals surface area contributed by atoms with Crippen LogP contribution >= 0.6 is 39.9 Å². The van der Waals surface area contributed by atoms with E-state index in [0.717, 1.165) is 17.0 Å². The van der Waals surface area contributed by atoms with Gasteiger partial charge in [-0.15, -0.1) is 24.0 Å². The molecule has 1 aliphatic heterocycles. The van der Waals surface area contributed by atoms with Crippen LogP contribution in [0.5, 0.6) is 0 Å². The quantitative estimate of drug-likeness (QED) is 0.303. The van der Waals surface area contributed by atoms with E-state index in [1.54, 1.807) is 7.05 Å². The highest BCUT2D eigenvalue weighted by Crippen LogP contribution is 2.24. The number of ether oxygens (including phenoxy) is 1. The number of esters is 1. The predicted octanol–water partition coefficient (Wildman–Crippen LogP) is 2.88. The van der Waals surface area contributed by atoms with Gasteiger partial charge in [-0.25, -0.2) is 0 Å². The molecule has 1 heterocycles. The fourth-order valence-corrected chi connectivity index (χ4v) is 3.20. The first-order valence-electron chi connectivity index (χ1n) is 7.33. The van der Waals surface area contributed by atoms with E-state index in [9.17, 15) is 4.79 Å². The van der Waals surface area contributed by atoms with Crippen LogP contribution in [0.25, 0.3) is 0 Å². The van der Waals surface area contributed by atoms with Gasteiger partial charge in [-0.3, -0.25) is 9.79 Å². The average Bonchev–Trinajstić information content (AvgIpc) is 2.89. The van der Waals surface area contributed by atoms with Crippen LogP contribution in [0.15, 0.2) is 33.7 Å². The van der Waals surface area contributed by atoms with E-state index >= 15 is 0 Å². The second kappa shape index (κ2) is 9.46. The molecule has 0 spiro atoms. The van der Waals surface area contributed by atoms with Crippen molar-refractivity contribution in [2.45, 2.75) is 13.5 Å². The Balaban J connectivity index is 0.00000264. The minimum atomic E-state index is -0.141. The number of methoxy groups -OCH3 is 1. The second-order valence-electron chi connectivity index (χ2n) is 5.54. The number of rotatable bonds is 3. The normalized spacial score (nSPS) is 20.9. The molecule has 23 heavy (non-hydrogen) atoms. The van der Waals surface area contributed by atoms with Crippen molar-refractivity contribution in [2.24, 2.45) is 16.8 Å². The van der Waals surface area contributed by atoms with Gasteiger partial charge in [-0.05, 0) is 23.6 Å². The van der Waals surface area contributed by atoms with Gasteiger partial charge in [0.05, 0.1) is 13.0 Å². The molecule has 1 aromatic carbocycles. The minimum absolute atomic E-state index is 0. The van der Waals surface area contributed by atoms with Gasteiger partial charge >= 0.3 is 5.97 Å². The van der Waals surface area contributed by atoms with E-state index in [0.29, 0.717) is 13.1 Å². The Morgan fingerprint density at radius 1 is 1.48 bits per heavy atom. The molecule has 2 atom stereocenters. The molecule has 0 bridgehead atoms. The van der Waals surface area contributed by atoms with E-state index in [1.807, 2.05) is 12.1 Å². The maximum absolute atomic E-state index is 11.8. The molecule has 1 N–H and O–H groups in total. The lowest BCUT2D eigenvalue weighted by atomic mass is 9.99. The van der Waals surface area contributed by atoms with E-state index < -0.39 is 0 Å². The summed E-state index contributed by atoms with van der Waals surface area (Å²) in [5.41, 5.74) is 1.17. The zero-order chi connectivity index (χ0) is 16.1. The highest BCUT2D eigenvalue weighted by atomic mass is 127. The summed E-state index contributed by atoms with van der Waals surface area (Å²) in [5.74, 6) is 0.849. The molecule has 0 radical (unpaired) electrons. The van der Waals surface area contributed by atoms with Crippen molar-refractivity contribution in [3.8, 4) is 0 Å². The zero-order valence-electron chi connectivity index (χ0n) is 13.6. The number of nitrogens with zero attached hydrogens (tertiary/aromatic N) is 2. The molecule has 0 amide bonds. The summed E-state index contributed by atoms with van der Waals surface area (Å²) in [5, 5.41) is 3.36. The molecule has 2 unspecified atom stereocenters. The fourth-order valence-electron chi connectivity index (χ4n) is 2.76. The number of hydrogen-bond acceptors (Lipinski definition) is 3. The predicted molar refractivity (Wildman–Crippen MR) is 106 cm³/mol. The average molecular weight is 496 g/mol. The molecule has 7 heteroatoms. The number of likely N-dealkylation sites (tertiary alicyclic amines) is 1. The van der Waals surface area contributed by atoms with Crippen LogP contribution in [-0.2, 0) is 16.1 Å². The first kappa shape index (κ1) is 20.2. The van der Waals surface area contributed by atoms with Crippen LogP contribution < -0.4 is 5.32 Å². The molecule has 1 aliphatic rings. The zero-order valence-corrected chi connectivity index (χ0v) is 17.5. The van der Waals surface area contributed by atoms with Crippen molar-refractivity contribution in [3.63, 3.8) is 0 Å². The number of benzene rings is 1. The van der Waals surface area contributed by atoms with E-state index in [-0.39, 0.29) is 41.8 Å². The van der Waals surface area contributed by atoms with Gasteiger partial charge in [0, 0.05) is 31.2 Å². The third-order valence-electron chi connectivity index (χ3n) is 3.97. The standard InChI is InChI=1S/C16H22BrN3O2.HI/c1-11-9-20(10-14(11)15(21)22-3)16(18-2)19-8-12-5-4-6-13(17)7-12;/h4-7,11,14H,8-10H2,1-3H3,(H,18,19);1H. The summed E-state index contributed by atoms with van der Waals surface area (Å²) in [6.45, 7) is 4.22. The number of nitrogens with one attached hydrogen (secondary N) is 1. The summed E-state index contributed by atoms with van der Waals surface area (Å²) in [7, 11) is 3.21. The molecular formula is C16H23BrIN3O2. The molecule has 1 fully saturated rings. The molecule has 1 aromatic rings. The lowest BCUT2D eigenvalue weighted by Crippen LogP contribution is -2.40. The van der Waals surface area contributed by atoms with Crippen LogP contribution in [0.3, 0.4) is 0 Å². The van der Waals surface area contributed by atoms with Gasteiger partial charge in [0.15, 0.2) is 5.96 Å². The molecule has 2 rings (SSSR count). The van der Waals surface area contributed by atoms with Crippen LogP contribution in [0.2, 0.25) is 0 Å². The second-order valence-corrected chi connectivity index (χ2v) is 6.46. The van der Waals surface area contributed by atoms with Crippen molar-refractivity contribution in [1.82, 2.24) is 10.2 Å². The van der Waals surface area contributed by atoms with E-state index in [1.165, 1.54) is 12.7 Å². The largest absolute Gasteiger partial charge is 0.469 e. The Labute approximate surface area is 163 Å². The van der Waals surface area contributed by atoms with Gasteiger partial charge < -0.3 is 15.0 Å². The van der Waals surface area contributed by atoms with Crippen LogP contribution in [0.4, 0.5) is 0 Å². The molecule has 128 valence electrons. The third kappa shape index (κ3) is 5.34. The summed E-state index contributed by atoms with van der Waals surface area (Å²) < 4.78 is 5.94. The maximum atomic E-state index is 11.8. The Kier molecular flexibility index (Phi) is 8.32. The van der Waals surface area contributed by atoms with E-state index in [4.69, 9.17) is 4.74 Å². The molecule has 1 saturated heterocycles.